The second-order valence-electron chi connectivity index (χ2n) is 6.37. The molecule has 2 aromatic carbocycles. The molecule has 0 spiro atoms. The van der Waals surface area contributed by atoms with Crippen molar-refractivity contribution in [3.63, 3.8) is 0 Å². The van der Waals surface area contributed by atoms with Gasteiger partial charge < -0.3 is 18.8 Å². The van der Waals surface area contributed by atoms with Crippen molar-refractivity contribution in [3.05, 3.63) is 54.2 Å². The summed E-state index contributed by atoms with van der Waals surface area (Å²) >= 11 is 0. The lowest BCUT2D eigenvalue weighted by molar-refractivity contribution is -0.0354. The molecule has 0 aliphatic carbocycles. The molecule has 0 saturated carbocycles. The standard InChI is InChI=1S/C19H21N3O3/c1-13(24-16-8-7-14-5-3-4-6-15(14)11-16)18-20-21-19(25-18)17-12-22(2)9-10-23-17/h3-8,11,13,17H,9-10,12H2,1-2H3. The molecule has 1 fully saturated rings. The third-order valence-corrected chi connectivity index (χ3v) is 4.38. The van der Waals surface area contributed by atoms with Gasteiger partial charge in [0.2, 0.25) is 5.89 Å². The monoisotopic (exact) mass is 339 g/mol. The molecular formula is C19H21N3O3. The average Bonchev–Trinajstić information content (AvgIpc) is 3.12. The van der Waals surface area contributed by atoms with Crippen molar-refractivity contribution in [3.8, 4) is 5.75 Å². The van der Waals surface area contributed by atoms with E-state index in [2.05, 4.69) is 34.3 Å². The van der Waals surface area contributed by atoms with E-state index < -0.39 is 0 Å². The SMILES string of the molecule is CC(Oc1ccc2ccccc2c1)c1nnc(C2CN(C)CCO2)o1. The van der Waals surface area contributed by atoms with Crippen LogP contribution in [-0.4, -0.2) is 41.8 Å². The lowest BCUT2D eigenvalue weighted by Crippen LogP contribution is -2.35. The van der Waals surface area contributed by atoms with Gasteiger partial charge in [-0.2, -0.15) is 0 Å². The zero-order valence-electron chi connectivity index (χ0n) is 14.4. The van der Waals surface area contributed by atoms with Crippen LogP contribution in [0.25, 0.3) is 10.8 Å². The molecule has 1 aliphatic heterocycles. The fourth-order valence-corrected chi connectivity index (χ4v) is 2.96. The molecule has 1 aliphatic rings. The minimum atomic E-state index is -0.330. The van der Waals surface area contributed by atoms with Crippen LogP contribution in [0, 0.1) is 0 Å². The molecule has 4 rings (SSSR count). The Bertz CT molecular complexity index is 864. The van der Waals surface area contributed by atoms with Crippen LogP contribution in [0.3, 0.4) is 0 Å². The van der Waals surface area contributed by atoms with E-state index in [1.165, 1.54) is 5.39 Å². The zero-order chi connectivity index (χ0) is 17.2. The van der Waals surface area contributed by atoms with Gasteiger partial charge in [-0.15, -0.1) is 10.2 Å². The first-order chi connectivity index (χ1) is 12.2. The third-order valence-electron chi connectivity index (χ3n) is 4.38. The minimum Gasteiger partial charge on any atom is -0.481 e. The van der Waals surface area contributed by atoms with Crippen molar-refractivity contribution >= 4 is 10.8 Å². The molecule has 130 valence electrons. The highest BCUT2D eigenvalue weighted by Gasteiger charge is 2.26. The van der Waals surface area contributed by atoms with Crippen molar-refractivity contribution in [2.45, 2.75) is 19.1 Å². The Morgan fingerprint density at radius 2 is 2.00 bits per heavy atom. The molecule has 6 nitrogen and oxygen atoms in total. The molecule has 0 amide bonds. The van der Waals surface area contributed by atoms with Crippen molar-refractivity contribution in [1.29, 1.82) is 0 Å². The van der Waals surface area contributed by atoms with Gasteiger partial charge in [-0.05, 0) is 36.9 Å². The lowest BCUT2D eigenvalue weighted by atomic mass is 10.1. The highest BCUT2D eigenvalue weighted by molar-refractivity contribution is 5.83. The van der Waals surface area contributed by atoms with Crippen LogP contribution in [0.4, 0.5) is 0 Å². The number of morpholine rings is 1. The molecule has 25 heavy (non-hydrogen) atoms. The molecule has 1 saturated heterocycles. The molecule has 2 heterocycles. The Balaban J connectivity index is 1.48. The summed E-state index contributed by atoms with van der Waals surface area (Å²) in [7, 11) is 2.05. The number of aromatic nitrogens is 2. The summed E-state index contributed by atoms with van der Waals surface area (Å²) in [5.41, 5.74) is 0. The van der Waals surface area contributed by atoms with Crippen LogP contribution in [0.2, 0.25) is 0 Å². The van der Waals surface area contributed by atoms with Gasteiger partial charge in [-0.3, -0.25) is 0 Å². The van der Waals surface area contributed by atoms with E-state index in [1.54, 1.807) is 0 Å². The summed E-state index contributed by atoms with van der Waals surface area (Å²) in [6.45, 7) is 4.24. The van der Waals surface area contributed by atoms with Gasteiger partial charge in [0.1, 0.15) is 11.9 Å². The highest BCUT2D eigenvalue weighted by Crippen LogP contribution is 2.27. The smallest absolute Gasteiger partial charge is 0.256 e. The normalized spacial score (nSPS) is 19.8. The topological polar surface area (TPSA) is 60.6 Å². The van der Waals surface area contributed by atoms with Crippen LogP contribution in [0.1, 0.15) is 30.9 Å². The number of fused-ring (bicyclic) bond motifs is 1. The summed E-state index contributed by atoms with van der Waals surface area (Å²) in [6.07, 6.45) is -0.503. The number of ether oxygens (including phenoxy) is 2. The second kappa shape index (κ2) is 6.82. The van der Waals surface area contributed by atoms with Gasteiger partial charge in [0.15, 0.2) is 6.10 Å². The number of likely N-dealkylation sites (N-methyl/N-ethyl adjacent to an activating group) is 1. The van der Waals surface area contributed by atoms with Crippen molar-refractivity contribution < 1.29 is 13.9 Å². The summed E-state index contributed by atoms with van der Waals surface area (Å²) in [5.74, 6) is 1.75. The van der Waals surface area contributed by atoms with Gasteiger partial charge in [-0.25, -0.2) is 0 Å². The second-order valence-corrected chi connectivity index (χ2v) is 6.37. The van der Waals surface area contributed by atoms with Gasteiger partial charge in [-0.1, -0.05) is 30.3 Å². The fourth-order valence-electron chi connectivity index (χ4n) is 2.96. The van der Waals surface area contributed by atoms with Crippen molar-refractivity contribution in [2.75, 3.05) is 26.7 Å². The molecule has 3 aromatic rings. The first kappa shape index (κ1) is 16.1. The Hall–Kier alpha value is -2.44. The molecule has 0 radical (unpaired) electrons. The summed E-state index contributed by atoms with van der Waals surface area (Å²) in [5, 5.41) is 10.6. The Morgan fingerprint density at radius 3 is 2.84 bits per heavy atom. The quantitative estimate of drug-likeness (QED) is 0.726. The number of rotatable bonds is 4. The lowest BCUT2D eigenvalue weighted by Gasteiger charge is -2.27. The molecule has 6 heteroatoms. The Labute approximate surface area is 146 Å². The van der Waals surface area contributed by atoms with E-state index in [0.717, 1.165) is 24.2 Å². The van der Waals surface area contributed by atoms with Gasteiger partial charge in [0, 0.05) is 13.1 Å². The van der Waals surface area contributed by atoms with Gasteiger partial charge in [0.05, 0.1) is 6.61 Å². The number of hydrogen-bond donors (Lipinski definition) is 0. The summed E-state index contributed by atoms with van der Waals surface area (Å²) in [6, 6.07) is 14.2. The maximum absolute atomic E-state index is 5.98. The molecule has 0 N–H and O–H groups in total. The predicted octanol–water partition coefficient (Wildman–Crippen LogP) is 3.37. The van der Waals surface area contributed by atoms with Gasteiger partial charge >= 0.3 is 0 Å². The third kappa shape index (κ3) is 3.50. The number of hydrogen-bond acceptors (Lipinski definition) is 6. The average molecular weight is 339 g/mol. The van der Waals surface area contributed by atoms with E-state index in [-0.39, 0.29) is 12.2 Å². The Morgan fingerprint density at radius 1 is 1.16 bits per heavy atom. The maximum Gasteiger partial charge on any atom is 0.256 e. The molecule has 2 unspecified atom stereocenters. The Kier molecular flexibility index (Phi) is 4.38. The van der Waals surface area contributed by atoms with Crippen LogP contribution < -0.4 is 4.74 Å². The summed E-state index contributed by atoms with van der Waals surface area (Å²) in [4.78, 5) is 2.19. The van der Waals surface area contributed by atoms with E-state index in [1.807, 2.05) is 37.3 Å². The fraction of sp³-hybridized carbons (Fsp3) is 0.368. The predicted molar refractivity (Wildman–Crippen MR) is 93.5 cm³/mol. The van der Waals surface area contributed by atoms with Gasteiger partial charge in [0.25, 0.3) is 5.89 Å². The molecule has 1 aromatic heterocycles. The molecule has 2 atom stereocenters. The minimum absolute atomic E-state index is 0.173. The first-order valence-electron chi connectivity index (χ1n) is 8.48. The summed E-state index contributed by atoms with van der Waals surface area (Å²) < 4.78 is 17.5. The number of benzene rings is 2. The first-order valence-corrected chi connectivity index (χ1v) is 8.48. The van der Waals surface area contributed by atoms with E-state index in [0.29, 0.717) is 18.4 Å². The maximum atomic E-state index is 5.98. The molecule has 0 bridgehead atoms. The van der Waals surface area contributed by atoms with Crippen LogP contribution in [0.5, 0.6) is 5.75 Å². The largest absolute Gasteiger partial charge is 0.481 e. The van der Waals surface area contributed by atoms with Crippen molar-refractivity contribution in [2.24, 2.45) is 0 Å². The zero-order valence-corrected chi connectivity index (χ0v) is 14.4. The van der Waals surface area contributed by atoms with E-state index in [4.69, 9.17) is 13.9 Å². The van der Waals surface area contributed by atoms with Crippen LogP contribution in [0.15, 0.2) is 46.9 Å². The molecular weight excluding hydrogens is 318 g/mol. The van der Waals surface area contributed by atoms with Crippen LogP contribution >= 0.6 is 0 Å². The highest BCUT2D eigenvalue weighted by atomic mass is 16.5. The van der Waals surface area contributed by atoms with Crippen LogP contribution in [-0.2, 0) is 4.74 Å². The number of nitrogens with zero attached hydrogens (tertiary/aromatic N) is 3. The van der Waals surface area contributed by atoms with E-state index >= 15 is 0 Å². The van der Waals surface area contributed by atoms with E-state index in [9.17, 15) is 0 Å². The van der Waals surface area contributed by atoms with Crippen molar-refractivity contribution in [1.82, 2.24) is 15.1 Å².